The zero-order chi connectivity index (χ0) is 9.35. The fourth-order valence-corrected chi connectivity index (χ4v) is 1.42. The van der Waals surface area contributed by atoms with Gasteiger partial charge in [-0.15, -0.1) is 0 Å². The molecular weight excluding hydrogens is 158 g/mol. The summed E-state index contributed by atoms with van der Waals surface area (Å²) in [6, 6.07) is 0. The van der Waals surface area contributed by atoms with E-state index in [1.807, 2.05) is 13.8 Å². The molecule has 0 atom stereocenters. The highest BCUT2D eigenvalue weighted by molar-refractivity contribution is 6.31. The molecule has 0 saturated carbocycles. The van der Waals surface area contributed by atoms with Crippen molar-refractivity contribution < 1.29 is 14.7 Å². The lowest BCUT2D eigenvalue weighted by molar-refractivity contribution is -0.155. The first-order chi connectivity index (χ1) is 5.42. The van der Waals surface area contributed by atoms with Crippen LogP contribution >= 0.6 is 0 Å². The molecule has 4 heteroatoms. The van der Waals surface area contributed by atoms with Gasteiger partial charge in [-0.25, -0.2) is 4.79 Å². The zero-order valence-electron chi connectivity index (χ0n) is 7.33. The number of rotatable bonds is 0. The van der Waals surface area contributed by atoms with E-state index in [4.69, 9.17) is 5.11 Å². The van der Waals surface area contributed by atoms with Crippen LogP contribution in [0.3, 0.4) is 0 Å². The molecule has 0 aliphatic carbocycles. The van der Waals surface area contributed by atoms with Gasteiger partial charge in [0.1, 0.15) is 0 Å². The van der Waals surface area contributed by atoms with E-state index < -0.39 is 11.9 Å². The number of hydrogen-bond acceptors (Lipinski definition) is 2. The van der Waals surface area contributed by atoms with Crippen LogP contribution in [-0.4, -0.2) is 35.0 Å². The number of carboxylic acids is 1. The molecule has 1 aliphatic heterocycles. The van der Waals surface area contributed by atoms with Crippen molar-refractivity contribution in [3.8, 4) is 0 Å². The molecule has 0 bridgehead atoms. The second-order valence-electron chi connectivity index (χ2n) is 3.95. The summed E-state index contributed by atoms with van der Waals surface area (Å²) in [7, 11) is 0. The summed E-state index contributed by atoms with van der Waals surface area (Å²) in [5, 5.41) is 8.42. The molecule has 0 aromatic rings. The van der Waals surface area contributed by atoms with Gasteiger partial charge in [0, 0.05) is 13.1 Å². The molecule has 0 radical (unpaired) electrons. The molecule has 1 saturated heterocycles. The Kier molecular flexibility index (Phi) is 2.08. The van der Waals surface area contributed by atoms with Gasteiger partial charge in [-0.3, -0.25) is 4.79 Å². The minimum absolute atomic E-state index is 0.0745. The second-order valence-corrected chi connectivity index (χ2v) is 3.95. The third-order valence-electron chi connectivity index (χ3n) is 2.15. The van der Waals surface area contributed by atoms with E-state index in [1.54, 1.807) is 0 Å². The number of nitrogens with zero attached hydrogens (tertiary/aromatic N) is 1. The standard InChI is InChI=1S/C8H13NO3/c1-8(2)3-4-9(5-8)6(10)7(11)12/h3-5H2,1-2H3,(H,11,12). The number of carboxylic acid groups (broad SMARTS) is 1. The number of aliphatic carboxylic acids is 1. The summed E-state index contributed by atoms with van der Waals surface area (Å²) >= 11 is 0. The fraction of sp³-hybridized carbons (Fsp3) is 0.750. The fourth-order valence-electron chi connectivity index (χ4n) is 1.42. The molecule has 12 heavy (non-hydrogen) atoms. The molecule has 1 fully saturated rings. The zero-order valence-corrected chi connectivity index (χ0v) is 7.33. The third kappa shape index (κ3) is 1.75. The summed E-state index contributed by atoms with van der Waals surface area (Å²) < 4.78 is 0. The summed E-state index contributed by atoms with van der Waals surface area (Å²) in [5.74, 6) is -2.13. The summed E-state index contributed by atoms with van der Waals surface area (Å²) in [5.41, 5.74) is 0.0745. The van der Waals surface area contributed by atoms with Gasteiger partial charge in [-0.05, 0) is 11.8 Å². The molecule has 0 aromatic carbocycles. The van der Waals surface area contributed by atoms with Crippen molar-refractivity contribution in [2.45, 2.75) is 20.3 Å². The molecule has 0 spiro atoms. The van der Waals surface area contributed by atoms with Gasteiger partial charge in [-0.2, -0.15) is 0 Å². The molecular formula is C8H13NO3. The molecule has 1 N–H and O–H groups in total. The van der Waals surface area contributed by atoms with Gasteiger partial charge in [0.05, 0.1) is 0 Å². The Labute approximate surface area is 71.2 Å². The quantitative estimate of drug-likeness (QED) is 0.534. The first-order valence-electron chi connectivity index (χ1n) is 3.95. The SMILES string of the molecule is CC1(C)CCN(C(=O)C(=O)O)C1. The summed E-state index contributed by atoms with van der Waals surface area (Å²) in [4.78, 5) is 22.7. The van der Waals surface area contributed by atoms with Crippen molar-refractivity contribution in [3.63, 3.8) is 0 Å². The number of hydrogen-bond donors (Lipinski definition) is 1. The second kappa shape index (κ2) is 2.77. The van der Waals surface area contributed by atoms with Crippen molar-refractivity contribution >= 4 is 11.9 Å². The number of carbonyl (C=O) groups excluding carboxylic acids is 1. The first kappa shape index (κ1) is 9.03. The van der Waals surface area contributed by atoms with Crippen LogP contribution < -0.4 is 0 Å². The topological polar surface area (TPSA) is 57.6 Å². The average molecular weight is 171 g/mol. The summed E-state index contributed by atoms with van der Waals surface area (Å²) in [6.07, 6.45) is 0.881. The van der Waals surface area contributed by atoms with Gasteiger partial charge in [0.25, 0.3) is 0 Å². The van der Waals surface area contributed by atoms with Crippen LogP contribution in [0.25, 0.3) is 0 Å². The van der Waals surface area contributed by atoms with Gasteiger partial charge >= 0.3 is 11.9 Å². The Hall–Kier alpha value is -1.06. The van der Waals surface area contributed by atoms with Crippen molar-refractivity contribution in [3.05, 3.63) is 0 Å². The maximum atomic E-state index is 11.0. The highest BCUT2D eigenvalue weighted by atomic mass is 16.4. The Balaban J connectivity index is 2.59. The lowest BCUT2D eigenvalue weighted by Crippen LogP contribution is -2.35. The first-order valence-corrected chi connectivity index (χ1v) is 3.95. The van der Waals surface area contributed by atoms with Crippen LogP contribution in [0.15, 0.2) is 0 Å². The van der Waals surface area contributed by atoms with E-state index in [0.717, 1.165) is 6.42 Å². The van der Waals surface area contributed by atoms with Crippen LogP contribution in [0.1, 0.15) is 20.3 Å². The number of likely N-dealkylation sites (tertiary alicyclic amines) is 1. The minimum atomic E-state index is -1.35. The third-order valence-corrected chi connectivity index (χ3v) is 2.15. The Morgan fingerprint density at radius 3 is 2.33 bits per heavy atom. The van der Waals surface area contributed by atoms with Gasteiger partial charge in [0.15, 0.2) is 0 Å². The van der Waals surface area contributed by atoms with Crippen molar-refractivity contribution in [1.29, 1.82) is 0 Å². The average Bonchev–Trinajstić information content (AvgIpc) is 2.28. The van der Waals surface area contributed by atoms with E-state index >= 15 is 0 Å². The predicted octanol–water partition coefficient (Wildman–Crippen LogP) is 0.329. The van der Waals surface area contributed by atoms with Crippen LogP contribution in [0.4, 0.5) is 0 Å². The molecule has 0 unspecified atom stereocenters. The van der Waals surface area contributed by atoms with Crippen molar-refractivity contribution in [2.75, 3.05) is 13.1 Å². The van der Waals surface area contributed by atoms with E-state index in [0.29, 0.717) is 13.1 Å². The highest BCUT2D eigenvalue weighted by Gasteiger charge is 2.34. The summed E-state index contributed by atoms with van der Waals surface area (Å²) in [6.45, 7) is 5.18. The van der Waals surface area contributed by atoms with Gasteiger partial charge in [-0.1, -0.05) is 13.8 Å². The normalized spacial score (nSPS) is 21.0. The Bertz CT molecular complexity index is 222. The van der Waals surface area contributed by atoms with Crippen molar-refractivity contribution in [1.82, 2.24) is 4.90 Å². The molecule has 4 nitrogen and oxygen atoms in total. The van der Waals surface area contributed by atoms with Gasteiger partial charge in [0.2, 0.25) is 0 Å². The van der Waals surface area contributed by atoms with Crippen LogP contribution in [0.2, 0.25) is 0 Å². The number of carbonyl (C=O) groups is 2. The predicted molar refractivity (Wildman–Crippen MR) is 42.6 cm³/mol. The Morgan fingerprint density at radius 2 is 2.00 bits per heavy atom. The van der Waals surface area contributed by atoms with E-state index in [-0.39, 0.29) is 5.41 Å². The van der Waals surface area contributed by atoms with E-state index in [1.165, 1.54) is 4.90 Å². The molecule has 0 aromatic heterocycles. The molecule has 68 valence electrons. The molecule has 1 rings (SSSR count). The van der Waals surface area contributed by atoms with E-state index in [2.05, 4.69) is 0 Å². The van der Waals surface area contributed by atoms with Crippen LogP contribution in [-0.2, 0) is 9.59 Å². The largest absolute Gasteiger partial charge is 0.474 e. The van der Waals surface area contributed by atoms with Crippen molar-refractivity contribution in [2.24, 2.45) is 5.41 Å². The minimum Gasteiger partial charge on any atom is -0.474 e. The number of amides is 1. The molecule has 1 aliphatic rings. The smallest absolute Gasteiger partial charge is 0.394 e. The van der Waals surface area contributed by atoms with Crippen LogP contribution in [0, 0.1) is 5.41 Å². The highest BCUT2D eigenvalue weighted by Crippen LogP contribution is 2.28. The monoisotopic (exact) mass is 171 g/mol. The Morgan fingerprint density at radius 1 is 1.42 bits per heavy atom. The van der Waals surface area contributed by atoms with Gasteiger partial charge < -0.3 is 10.0 Å². The lowest BCUT2D eigenvalue weighted by Gasteiger charge is -2.17. The molecule has 1 amide bonds. The van der Waals surface area contributed by atoms with E-state index in [9.17, 15) is 9.59 Å². The molecule has 1 heterocycles. The van der Waals surface area contributed by atoms with Crippen LogP contribution in [0.5, 0.6) is 0 Å². The lowest BCUT2D eigenvalue weighted by atomic mass is 9.93. The maximum absolute atomic E-state index is 11.0. The maximum Gasteiger partial charge on any atom is 0.394 e.